The molecular weight excluding hydrogens is 296 g/mol. The Morgan fingerprint density at radius 2 is 2.35 bits per heavy atom. The molecule has 0 spiro atoms. The number of nitrogens with zero attached hydrogens (tertiary/aromatic N) is 1. The third-order valence-corrected chi connectivity index (χ3v) is 4.69. The van der Waals surface area contributed by atoms with Gasteiger partial charge in [0, 0.05) is 10.4 Å². The van der Waals surface area contributed by atoms with Gasteiger partial charge in [0.2, 0.25) is 0 Å². The standard InChI is InChI=1S/C14H13ClN2O2S/c1-3-8(15)12-16-13(18)11-10(9-5-4-6-19-9)7(2)20-14(11)17-12/h4-6,8H,3H2,1-2H3,(H,16,17,18). The van der Waals surface area contributed by atoms with Crippen molar-refractivity contribution >= 4 is 33.2 Å². The molecule has 104 valence electrons. The van der Waals surface area contributed by atoms with E-state index in [1.807, 2.05) is 19.9 Å². The van der Waals surface area contributed by atoms with Gasteiger partial charge in [0.15, 0.2) is 0 Å². The average molecular weight is 309 g/mol. The lowest BCUT2D eigenvalue weighted by atomic mass is 10.1. The van der Waals surface area contributed by atoms with E-state index in [9.17, 15) is 4.79 Å². The molecule has 0 saturated carbocycles. The van der Waals surface area contributed by atoms with Gasteiger partial charge in [-0.2, -0.15) is 0 Å². The molecule has 6 heteroatoms. The van der Waals surface area contributed by atoms with Crippen LogP contribution in [0.1, 0.15) is 29.4 Å². The maximum Gasteiger partial charge on any atom is 0.260 e. The Hall–Kier alpha value is -1.59. The number of rotatable bonds is 3. The van der Waals surface area contributed by atoms with Crippen LogP contribution in [0.3, 0.4) is 0 Å². The number of aryl methyl sites for hydroxylation is 1. The van der Waals surface area contributed by atoms with Crippen LogP contribution in [0.4, 0.5) is 0 Å². The summed E-state index contributed by atoms with van der Waals surface area (Å²) >= 11 is 7.65. The average Bonchev–Trinajstić information content (AvgIpc) is 3.04. The van der Waals surface area contributed by atoms with Crippen LogP contribution in [-0.4, -0.2) is 9.97 Å². The second-order valence-electron chi connectivity index (χ2n) is 4.52. The Bertz CT molecular complexity index is 805. The Morgan fingerprint density at radius 1 is 1.55 bits per heavy atom. The number of furan rings is 1. The minimum Gasteiger partial charge on any atom is -0.464 e. The molecule has 0 fully saturated rings. The van der Waals surface area contributed by atoms with Gasteiger partial charge >= 0.3 is 0 Å². The van der Waals surface area contributed by atoms with Gasteiger partial charge < -0.3 is 9.40 Å². The van der Waals surface area contributed by atoms with Crippen LogP contribution in [0.15, 0.2) is 27.6 Å². The number of aromatic nitrogens is 2. The van der Waals surface area contributed by atoms with E-state index in [0.717, 1.165) is 10.4 Å². The SMILES string of the molecule is CCC(Cl)c1nc2sc(C)c(-c3ccco3)c2c(=O)[nH]1. The Balaban J connectivity index is 2.30. The van der Waals surface area contributed by atoms with Crippen LogP contribution in [0.5, 0.6) is 0 Å². The molecule has 20 heavy (non-hydrogen) atoms. The first-order valence-corrected chi connectivity index (χ1v) is 7.58. The number of fused-ring (bicyclic) bond motifs is 1. The topological polar surface area (TPSA) is 58.9 Å². The fourth-order valence-corrected chi connectivity index (χ4v) is 3.33. The van der Waals surface area contributed by atoms with E-state index in [1.165, 1.54) is 11.3 Å². The highest BCUT2D eigenvalue weighted by Gasteiger charge is 2.19. The summed E-state index contributed by atoms with van der Waals surface area (Å²) in [6.07, 6.45) is 2.31. The van der Waals surface area contributed by atoms with Gasteiger partial charge in [0.25, 0.3) is 5.56 Å². The highest BCUT2D eigenvalue weighted by molar-refractivity contribution is 7.19. The summed E-state index contributed by atoms with van der Waals surface area (Å²) in [5, 5.41) is 0.299. The van der Waals surface area contributed by atoms with Crippen molar-refractivity contribution in [2.75, 3.05) is 0 Å². The van der Waals surface area contributed by atoms with Crippen molar-refractivity contribution in [2.45, 2.75) is 25.6 Å². The lowest BCUT2D eigenvalue weighted by molar-refractivity contribution is 0.583. The van der Waals surface area contributed by atoms with Crippen LogP contribution < -0.4 is 5.56 Å². The number of nitrogens with one attached hydrogen (secondary N) is 1. The molecular formula is C14H13ClN2O2S. The van der Waals surface area contributed by atoms with Crippen LogP contribution in [0.25, 0.3) is 21.5 Å². The second-order valence-corrected chi connectivity index (χ2v) is 6.25. The Labute approximate surface area is 124 Å². The van der Waals surface area contributed by atoms with Crippen LogP contribution in [-0.2, 0) is 0 Å². The van der Waals surface area contributed by atoms with E-state index >= 15 is 0 Å². The zero-order valence-corrected chi connectivity index (χ0v) is 12.6. The van der Waals surface area contributed by atoms with Crippen molar-refractivity contribution in [1.82, 2.24) is 9.97 Å². The molecule has 0 aliphatic heterocycles. The summed E-state index contributed by atoms with van der Waals surface area (Å²) in [7, 11) is 0. The predicted molar refractivity (Wildman–Crippen MR) is 81.6 cm³/mol. The summed E-state index contributed by atoms with van der Waals surface area (Å²) in [4.78, 5) is 21.3. The highest BCUT2D eigenvalue weighted by atomic mass is 35.5. The lowest BCUT2D eigenvalue weighted by Gasteiger charge is -2.05. The van der Waals surface area contributed by atoms with Gasteiger partial charge in [0.1, 0.15) is 16.4 Å². The van der Waals surface area contributed by atoms with Crippen LogP contribution >= 0.6 is 22.9 Å². The van der Waals surface area contributed by atoms with Crippen molar-refractivity contribution < 1.29 is 4.42 Å². The lowest BCUT2D eigenvalue weighted by Crippen LogP contribution is -2.12. The van der Waals surface area contributed by atoms with Crippen LogP contribution in [0.2, 0.25) is 0 Å². The number of alkyl halides is 1. The van der Waals surface area contributed by atoms with Gasteiger partial charge in [-0.05, 0) is 25.5 Å². The first-order valence-electron chi connectivity index (χ1n) is 6.33. The number of halogens is 1. The first-order chi connectivity index (χ1) is 9.61. The molecule has 3 rings (SSSR count). The Kier molecular flexibility index (Phi) is 3.40. The number of aromatic amines is 1. The zero-order chi connectivity index (χ0) is 14.3. The normalized spacial score (nSPS) is 12.9. The maximum atomic E-state index is 12.4. The smallest absolute Gasteiger partial charge is 0.260 e. The molecule has 0 aliphatic rings. The van der Waals surface area contributed by atoms with E-state index in [4.69, 9.17) is 16.0 Å². The quantitative estimate of drug-likeness (QED) is 0.736. The van der Waals surface area contributed by atoms with Crippen molar-refractivity contribution in [3.05, 3.63) is 39.5 Å². The van der Waals surface area contributed by atoms with Gasteiger partial charge in [-0.1, -0.05) is 6.92 Å². The van der Waals surface area contributed by atoms with Gasteiger partial charge in [-0.3, -0.25) is 4.79 Å². The van der Waals surface area contributed by atoms with Gasteiger partial charge in [0.05, 0.1) is 17.0 Å². The molecule has 1 N–H and O–H groups in total. The molecule has 0 radical (unpaired) electrons. The van der Waals surface area contributed by atoms with Crippen molar-refractivity contribution in [3.63, 3.8) is 0 Å². The molecule has 1 atom stereocenters. The van der Waals surface area contributed by atoms with E-state index in [-0.39, 0.29) is 10.9 Å². The third-order valence-electron chi connectivity index (χ3n) is 3.18. The second kappa shape index (κ2) is 5.07. The maximum absolute atomic E-state index is 12.4. The monoisotopic (exact) mass is 308 g/mol. The summed E-state index contributed by atoms with van der Waals surface area (Å²) in [5.41, 5.74) is 0.651. The van der Waals surface area contributed by atoms with Crippen molar-refractivity contribution in [3.8, 4) is 11.3 Å². The molecule has 0 aromatic carbocycles. The summed E-state index contributed by atoms with van der Waals surface area (Å²) in [6.45, 7) is 3.91. The predicted octanol–water partition coefficient (Wildman–Crippen LogP) is 4.24. The van der Waals surface area contributed by atoms with E-state index < -0.39 is 0 Å². The molecule has 3 aromatic heterocycles. The molecule has 0 amide bonds. The number of hydrogen-bond donors (Lipinski definition) is 1. The summed E-state index contributed by atoms with van der Waals surface area (Å²) in [6, 6.07) is 3.65. The molecule has 4 nitrogen and oxygen atoms in total. The number of H-pyrrole nitrogens is 1. The number of hydrogen-bond acceptors (Lipinski definition) is 4. The largest absolute Gasteiger partial charge is 0.464 e. The molecule has 0 saturated heterocycles. The minimum absolute atomic E-state index is 0.167. The fourth-order valence-electron chi connectivity index (χ4n) is 2.19. The van der Waals surface area contributed by atoms with Gasteiger partial charge in [-0.25, -0.2) is 4.98 Å². The molecule has 1 unspecified atom stereocenters. The van der Waals surface area contributed by atoms with Crippen molar-refractivity contribution in [1.29, 1.82) is 0 Å². The summed E-state index contributed by atoms with van der Waals surface area (Å²) in [5.74, 6) is 1.21. The van der Waals surface area contributed by atoms with E-state index in [0.29, 0.717) is 28.2 Å². The molecule has 3 heterocycles. The van der Waals surface area contributed by atoms with E-state index in [1.54, 1.807) is 12.3 Å². The first kappa shape index (κ1) is 13.4. The van der Waals surface area contributed by atoms with Crippen molar-refractivity contribution in [2.24, 2.45) is 0 Å². The van der Waals surface area contributed by atoms with E-state index in [2.05, 4.69) is 9.97 Å². The van der Waals surface area contributed by atoms with Gasteiger partial charge in [-0.15, -0.1) is 22.9 Å². The Morgan fingerprint density at radius 3 is 3.00 bits per heavy atom. The molecule has 3 aromatic rings. The molecule has 0 aliphatic carbocycles. The molecule has 0 bridgehead atoms. The third kappa shape index (κ3) is 2.07. The summed E-state index contributed by atoms with van der Waals surface area (Å²) < 4.78 is 5.42. The fraction of sp³-hybridized carbons (Fsp3) is 0.286. The highest BCUT2D eigenvalue weighted by Crippen LogP contribution is 2.36. The minimum atomic E-state index is -0.276. The van der Waals surface area contributed by atoms with Crippen LogP contribution in [0, 0.1) is 6.92 Å². The zero-order valence-electron chi connectivity index (χ0n) is 11.1. The number of thiophene rings is 1.